The summed E-state index contributed by atoms with van der Waals surface area (Å²) < 4.78 is 0. The zero-order valence-corrected chi connectivity index (χ0v) is 13.9. The summed E-state index contributed by atoms with van der Waals surface area (Å²) in [6.45, 7) is 10.8. The third-order valence-corrected chi connectivity index (χ3v) is 4.38. The van der Waals surface area contributed by atoms with Crippen LogP contribution in [0.1, 0.15) is 52.5 Å². The molecule has 0 bridgehead atoms. The van der Waals surface area contributed by atoms with Gasteiger partial charge in [-0.3, -0.25) is 0 Å². The molecule has 1 fully saturated rings. The molecule has 2 rings (SSSR count). The van der Waals surface area contributed by atoms with Gasteiger partial charge in [0.05, 0.1) is 0 Å². The quantitative estimate of drug-likeness (QED) is 0.872. The molecular weight excluding hydrogens is 268 g/mol. The lowest BCUT2D eigenvalue weighted by Crippen LogP contribution is -2.35. The Kier molecular flexibility index (Phi) is 4.98. The molecule has 0 aliphatic carbocycles. The molecule has 1 saturated heterocycles. The summed E-state index contributed by atoms with van der Waals surface area (Å²) in [6, 6.07) is 7.21. The maximum atomic E-state index is 6.46. The van der Waals surface area contributed by atoms with E-state index in [1.165, 1.54) is 30.5 Å². The van der Waals surface area contributed by atoms with Gasteiger partial charge in [0.15, 0.2) is 0 Å². The van der Waals surface area contributed by atoms with Crippen LogP contribution in [0.15, 0.2) is 18.2 Å². The van der Waals surface area contributed by atoms with Crippen LogP contribution < -0.4 is 10.2 Å². The molecule has 0 amide bonds. The second-order valence-corrected chi connectivity index (χ2v) is 7.18. The number of nitrogens with zero attached hydrogens (tertiary/aromatic N) is 1. The standard InChI is InChI=1S/C17H27ClN2/c1-5-14-7-6-10-20(14)15-9-8-13(16(18)11-15)12-19-17(2,3)4/h8-9,11,14,19H,5-7,10,12H2,1-4H3. The number of nitrogens with one attached hydrogen (secondary N) is 1. The molecule has 0 spiro atoms. The first-order valence-corrected chi connectivity index (χ1v) is 8.08. The maximum Gasteiger partial charge on any atom is 0.0471 e. The van der Waals surface area contributed by atoms with E-state index in [0.717, 1.165) is 18.1 Å². The van der Waals surface area contributed by atoms with Crippen LogP contribution in [0.25, 0.3) is 0 Å². The molecule has 0 saturated carbocycles. The number of rotatable bonds is 4. The summed E-state index contributed by atoms with van der Waals surface area (Å²) in [5.74, 6) is 0. The molecule has 1 N–H and O–H groups in total. The topological polar surface area (TPSA) is 15.3 Å². The number of anilines is 1. The minimum Gasteiger partial charge on any atom is -0.369 e. The van der Waals surface area contributed by atoms with Crippen LogP contribution in [0.5, 0.6) is 0 Å². The number of hydrogen-bond acceptors (Lipinski definition) is 2. The Morgan fingerprint density at radius 2 is 2.10 bits per heavy atom. The van der Waals surface area contributed by atoms with E-state index in [0.29, 0.717) is 6.04 Å². The fourth-order valence-electron chi connectivity index (χ4n) is 2.82. The van der Waals surface area contributed by atoms with E-state index >= 15 is 0 Å². The molecule has 2 nitrogen and oxygen atoms in total. The van der Waals surface area contributed by atoms with E-state index in [1.54, 1.807) is 0 Å². The van der Waals surface area contributed by atoms with Gasteiger partial charge in [-0.1, -0.05) is 24.6 Å². The minimum absolute atomic E-state index is 0.115. The van der Waals surface area contributed by atoms with Crippen molar-refractivity contribution in [2.45, 2.75) is 65.1 Å². The third-order valence-electron chi connectivity index (χ3n) is 4.03. The van der Waals surface area contributed by atoms with Crippen molar-refractivity contribution in [2.75, 3.05) is 11.4 Å². The zero-order valence-electron chi connectivity index (χ0n) is 13.2. The summed E-state index contributed by atoms with van der Waals surface area (Å²) in [5, 5.41) is 4.37. The SMILES string of the molecule is CCC1CCCN1c1ccc(CNC(C)(C)C)c(Cl)c1. The second-order valence-electron chi connectivity index (χ2n) is 6.78. The van der Waals surface area contributed by atoms with Crippen molar-refractivity contribution < 1.29 is 0 Å². The largest absolute Gasteiger partial charge is 0.369 e. The molecule has 1 aliphatic rings. The molecule has 1 aliphatic heterocycles. The average molecular weight is 295 g/mol. The van der Waals surface area contributed by atoms with Crippen molar-refractivity contribution >= 4 is 17.3 Å². The van der Waals surface area contributed by atoms with Crippen molar-refractivity contribution in [3.63, 3.8) is 0 Å². The minimum atomic E-state index is 0.115. The Morgan fingerprint density at radius 3 is 2.70 bits per heavy atom. The van der Waals surface area contributed by atoms with Crippen LogP contribution in [0.4, 0.5) is 5.69 Å². The zero-order chi connectivity index (χ0) is 14.8. The van der Waals surface area contributed by atoms with Gasteiger partial charge >= 0.3 is 0 Å². The lowest BCUT2D eigenvalue weighted by molar-refractivity contribution is 0.424. The predicted octanol–water partition coefficient (Wildman–Crippen LogP) is 4.61. The van der Waals surface area contributed by atoms with Crippen LogP contribution in [0, 0.1) is 0 Å². The van der Waals surface area contributed by atoms with Crippen LogP contribution in [0.2, 0.25) is 5.02 Å². The third kappa shape index (κ3) is 3.89. The molecule has 0 radical (unpaired) electrons. The number of halogens is 1. The van der Waals surface area contributed by atoms with E-state index < -0.39 is 0 Å². The Morgan fingerprint density at radius 1 is 1.35 bits per heavy atom. The van der Waals surface area contributed by atoms with Crippen molar-refractivity contribution in [1.29, 1.82) is 0 Å². The Bertz CT molecular complexity index is 451. The fraction of sp³-hybridized carbons (Fsp3) is 0.647. The van der Waals surface area contributed by atoms with Gasteiger partial charge in [0.2, 0.25) is 0 Å². The van der Waals surface area contributed by atoms with Crippen LogP contribution in [-0.4, -0.2) is 18.1 Å². The molecule has 3 heteroatoms. The van der Waals surface area contributed by atoms with Crippen molar-refractivity contribution in [3.8, 4) is 0 Å². The Balaban J connectivity index is 2.09. The van der Waals surface area contributed by atoms with Gasteiger partial charge < -0.3 is 10.2 Å². The lowest BCUT2D eigenvalue weighted by atomic mass is 10.1. The van der Waals surface area contributed by atoms with Gasteiger partial charge in [0, 0.05) is 35.4 Å². The van der Waals surface area contributed by atoms with Gasteiger partial charge in [0.25, 0.3) is 0 Å². The van der Waals surface area contributed by atoms with Crippen LogP contribution in [0.3, 0.4) is 0 Å². The molecular formula is C17H27ClN2. The van der Waals surface area contributed by atoms with Gasteiger partial charge in [-0.15, -0.1) is 0 Å². The van der Waals surface area contributed by atoms with Gasteiger partial charge in [-0.05, 0) is 57.7 Å². The number of benzene rings is 1. The smallest absolute Gasteiger partial charge is 0.0471 e. The predicted molar refractivity (Wildman–Crippen MR) is 88.7 cm³/mol. The summed E-state index contributed by atoms with van der Waals surface area (Å²) >= 11 is 6.46. The highest BCUT2D eigenvalue weighted by molar-refractivity contribution is 6.31. The maximum absolute atomic E-state index is 6.46. The first-order chi connectivity index (χ1) is 9.40. The normalized spacial score (nSPS) is 19.6. The van der Waals surface area contributed by atoms with Crippen molar-refractivity contribution in [3.05, 3.63) is 28.8 Å². The molecule has 112 valence electrons. The van der Waals surface area contributed by atoms with E-state index in [9.17, 15) is 0 Å². The Hall–Kier alpha value is -0.730. The van der Waals surface area contributed by atoms with Crippen molar-refractivity contribution in [2.24, 2.45) is 0 Å². The van der Waals surface area contributed by atoms with E-state index in [2.05, 4.69) is 56.1 Å². The van der Waals surface area contributed by atoms with E-state index in [1.807, 2.05) is 0 Å². The molecule has 1 heterocycles. The highest BCUT2D eigenvalue weighted by atomic mass is 35.5. The first kappa shape index (κ1) is 15.7. The summed E-state index contributed by atoms with van der Waals surface area (Å²) in [7, 11) is 0. The summed E-state index contributed by atoms with van der Waals surface area (Å²) in [5.41, 5.74) is 2.57. The highest BCUT2D eigenvalue weighted by Crippen LogP contribution is 2.30. The molecule has 1 aromatic carbocycles. The highest BCUT2D eigenvalue weighted by Gasteiger charge is 2.23. The van der Waals surface area contributed by atoms with Crippen LogP contribution >= 0.6 is 11.6 Å². The molecule has 0 aromatic heterocycles. The summed E-state index contributed by atoms with van der Waals surface area (Å²) in [4.78, 5) is 2.51. The molecule has 1 aromatic rings. The van der Waals surface area contributed by atoms with E-state index in [-0.39, 0.29) is 5.54 Å². The van der Waals surface area contributed by atoms with Crippen molar-refractivity contribution in [1.82, 2.24) is 5.32 Å². The van der Waals surface area contributed by atoms with E-state index in [4.69, 9.17) is 11.6 Å². The Labute approximate surface area is 128 Å². The van der Waals surface area contributed by atoms with Gasteiger partial charge in [0.1, 0.15) is 0 Å². The average Bonchev–Trinajstić information content (AvgIpc) is 2.84. The summed E-state index contributed by atoms with van der Waals surface area (Å²) in [6.07, 6.45) is 3.82. The number of hydrogen-bond donors (Lipinski definition) is 1. The lowest BCUT2D eigenvalue weighted by Gasteiger charge is -2.27. The molecule has 1 atom stereocenters. The van der Waals surface area contributed by atoms with Gasteiger partial charge in [-0.25, -0.2) is 0 Å². The first-order valence-electron chi connectivity index (χ1n) is 7.71. The van der Waals surface area contributed by atoms with Gasteiger partial charge in [-0.2, -0.15) is 0 Å². The molecule has 20 heavy (non-hydrogen) atoms. The molecule has 1 unspecified atom stereocenters. The second kappa shape index (κ2) is 6.36. The van der Waals surface area contributed by atoms with Crippen LogP contribution in [-0.2, 0) is 6.54 Å². The fourth-order valence-corrected chi connectivity index (χ4v) is 3.06. The monoisotopic (exact) mass is 294 g/mol.